The van der Waals surface area contributed by atoms with Gasteiger partial charge in [-0.1, -0.05) is 82.4 Å². The minimum Gasteiger partial charge on any atom is -0.482 e. The molecule has 0 bridgehead atoms. The Morgan fingerprint density at radius 3 is 2.33 bits per heavy atom. The van der Waals surface area contributed by atoms with E-state index in [1.807, 2.05) is 6.92 Å². The van der Waals surface area contributed by atoms with Crippen LogP contribution in [0.15, 0.2) is 53.4 Å². The lowest BCUT2D eigenvalue weighted by molar-refractivity contribution is 0.0696. The van der Waals surface area contributed by atoms with Crippen LogP contribution in [-0.4, -0.2) is 39.3 Å². The number of ether oxygens (including phenoxy) is 1. The van der Waals surface area contributed by atoms with E-state index in [0.717, 1.165) is 25.3 Å². The molecule has 0 fully saturated rings. The minimum absolute atomic E-state index is 0.110. The molecular formula is C31H40ClN5O5S. The number of halogens is 1. The summed E-state index contributed by atoms with van der Waals surface area (Å²) in [5.41, 5.74) is 1.51. The fraction of sp³-hybridized carbons (Fsp3) is 0.452. The Bertz CT molecular complexity index is 1600. The molecule has 0 saturated heterocycles. The molecule has 4 rings (SSSR count). The topological polar surface area (TPSA) is 139 Å². The maximum absolute atomic E-state index is 12.9. The van der Waals surface area contributed by atoms with E-state index in [-0.39, 0.29) is 10.5 Å². The van der Waals surface area contributed by atoms with Crippen LogP contribution < -0.4 is 9.46 Å². The van der Waals surface area contributed by atoms with Crippen molar-refractivity contribution in [3.63, 3.8) is 0 Å². The zero-order valence-electron chi connectivity index (χ0n) is 24.7. The third kappa shape index (κ3) is 8.73. The van der Waals surface area contributed by atoms with Crippen LogP contribution in [0, 0.1) is 6.92 Å². The summed E-state index contributed by atoms with van der Waals surface area (Å²) in [4.78, 5) is 11.1. The van der Waals surface area contributed by atoms with Crippen molar-refractivity contribution < 1.29 is 23.1 Å². The number of unbranched alkanes of at least 4 members (excludes halogenated alkanes) is 9. The molecule has 2 heterocycles. The van der Waals surface area contributed by atoms with Crippen molar-refractivity contribution in [3.05, 3.63) is 70.6 Å². The SMILES string of the molecule is CCCCCCCCCCCCC(Oc1ccc(NS(=O)(=O)c2cccc(C(=O)O)c2)cc1)c1n[nH]c2c(Cl)c(C)nn12. The first-order valence-corrected chi connectivity index (χ1v) is 16.8. The molecule has 0 aliphatic rings. The molecule has 43 heavy (non-hydrogen) atoms. The van der Waals surface area contributed by atoms with Crippen molar-refractivity contribution >= 4 is 38.9 Å². The first-order chi connectivity index (χ1) is 20.7. The van der Waals surface area contributed by atoms with Crippen LogP contribution >= 0.6 is 11.6 Å². The molecular weight excluding hydrogens is 590 g/mol. The number of sulfonamides is 1. The summed E-state index contributed by atoms with van der Waals surface area (Å²) in [6.45, 7) is 4.07. The molecule has 0 spiro atoms. The number of hydrogen-bond acceptors (Lipinski definition) is 6. The number of carboxylic acids is 1. The molecule has 0 radical (unpaired) electrons. The molecule has 0 saturated carbocycles. The number of carbonyl (C=O) groups is 1. The zero-order chi connectivity index (χ0) is 30.8. The lowest BCUT2D eigenvalue weighted by Crippen LogP contribution is -2.14. The second-order valence-electron chi connectivity index (χ2n) is 10.8. The summed E-state index contributed by atoms with van der Waals surface area (Å²) in [5.74, 6) is -0.0457. The van der Waals surface area contributed by atoms with Gasteiger partial charge >= 0.3 is 5.97 Å². The molecule has 1 unspecified atom stereocenters. The van der Waals surface area contributed by atoms with Gasteiger partial charge in [-0.05, 0) is 62.2 Å². The van der Waals surface area contributed by atoms with Crippen LogP contribution in [0.4, 0.5) is 5.69 Å². The van der Waals surface area contributed by atoms with Gasteiger partial charge in [0.2, 0.25) is 0 Å². The Morgan fingerprint density at radius 1 is 1.02 bits per heavy atom. The van der Waals surface area contributed by atoms with Gasteiger partial charge in [-0.25, -0.2) is 13.2 Å². The molecule has 12 heteroatoms. The molecule has 232 valence electrons. The van der Waals surface area contributed by atoms with Crippen molar-refractivity contribution in [1.29, 1.82) is 0 Å². The van der Waals surface area contributed by atoms with Gasteiger partial charge in [0.15, 0.2) is 17.6 Å². The van der Waals surface area contributed by atoms with Gasteiger partial charge < -0.3 is 9.84 Å². The van der Waals surface area contributed by atoms with Crippen molar-refractivity contribution in [2.75, 3.05) is 4.72 Å². The number of aromatic carboxylic acids is 1. The van der Waals surface area contributed by atoms with Crippen molar-refractivity contribution in [2.45, 2.75) is 95.5 Å². The van der Waals surface area contributed by atoms with Gasteiger partial charge in [-0.15, -0.1) is 0 Å². The molecule has 10 nitrogen and oxygen atoms in total. The van der Waals surface area contributed by atoms with Crippen LogP contribution in [-0.2, 0) is 10.0 Å². The van der Waals surface area contributed by atoms with Crippen LogP contribution in [0.3, 0.4) is 0 Å². The van der Waals surface area contributed by atoms with Gasteiger partial charge in [-0.2, -0.15) is 14.7 Å². The highest BCUT2D eigenvalue weighted by Crippen LogP contribution is 2.30. The molecule has 0 aliphatic heterocycles. The number of aryl methyl sites for hydroxylation is 1. The Hall–Kier alpha value is -3.57. The summed E-state index contributed by atoms with van der Waals surface area (Å²) in [5, 5.41) is 21.7. The first-order valence-electron chi connectivity index (χ1n) is 14.9. The lowest BCUT2D eigenvalue weighted by atomic mass is 10.0. The molecule has 2 aromatic carbocycles. The number of anilines is 1. The highest BCUT2D eigenvalue weighted by atomic mass is 35.5. The average molecular weight is 630 g/mol. The quantitative estimate of drug-likeness (QED) is 0.0949. The van der Waals surface area contributed by atoms with E-state index in [9.17, 15) is 18.3 Å². The van der Waals surface area contributed by atoms with Gasteiger partial charge in [0.1, 0.15) is 10.8 Å². The number of H-pyrrole nitrogens is 1. The second-order valence-corrected chi connectivity index (χ2v) is 12.8. The van der Waals surface area contributed by atoms with Crippen LogP contribution in [0.1, 0.15) is 106 Å². The van der Waals surface area contributed by atoms with E-state index in [2.05, 4.69) is 26.9 Å². The van der Waals surface area contributed by atoms with Gasteiger partial charge in [-0.3, -0.25) is 9.82 Å². The second kappa shape index (κ2) is 15.2. The fourth-order valence-corrected chi connectivity index (χ4v) is 6.23. The number of carboxylic acid groups (broad SMARTS) is 1. The maximum atomic E-state index is 12.9. The highest BCUT2D eigenvalue weighted by molar-refractivity contribution is 7.92. The number of hydrogen-bond donors (Lipinski definition) is 3. The third-order valence-electron chi connectivity index (χ3n) is 7.36. The molecule has 1 atom stereocenters. The minimum atomic E-state index is -3.99. The van der Waals surface area contributed by atoms with Crippen LogP contribution in [0.25, 0.3) is 5.65 Å². The van der Waals surface area contributed by atoms with Gasteiger partial charge in [0.05, 0.1) is 16.2 Å². The molecule has 2 aromatic heterocycles. The Labute approximate surface area is 257 Å². The summed E-state index contributed by atoms with van der Waals surface area (Å²) < 4.78 is 36.3. The number of rotatable bonds is 18. The standard InChI is InChI=1S/C31H40ClN5O5S/c1-3-4-5-6-7-8-9-10-11-12-16-27(29-33-34-30-28(32)22(2)35-37(29)30)42-25-19-17-24(18-20-25)36-43(40,41)26-15-13-14-23(21-26)31(38)39/h13-15,17-21,27,34,36H,3-12,16H2,1-2H3,(H,38,39). The molecule has 4 aromatic rings. The average Bonchev–Trinajstić information content (AvgIpc) is 3.53. The number of benzene rings is 2. The Morgan fingerprint density at radius 2 is 1.67 bits per heavy atom. The molecule has 3 N–H and O–H groups in total. The van der Waals surface area contributed by atoms with E-state index in [4.69, 9.17) is 16.3 Å². The third-order valence-corrected chi connectivity index (χ3v) is 9.20. The Balaban J connectivity index is 1.40. The van der Waals surface area contributed by atoms with E-state index >= 15 is 0 Å². The van der Waals surface area contributed by atoms with Gasteiger partial charge in [0, 0.05) is 5.69 Å². The molecule has 0 amide bonds. The summed E-state index contributed by atoms with van der Waals surface area (Å²) in [6, 6.07) is 11.8. The normalized spacial score (nSPS) is 12.4. The largest absolute Gasteiger partial charge is 0.482 e. The number of aromatic nitrogens is 4. The first kappa shape index (κ1) is 32.3. The maximum Gasteiger partial charge on any atom is 0.335 e. The zero-order valence-corrected chi connectivity index (χ0v) is 26.3. The number of fused-ring (bicyclic) bond motifs is 1. The summed E-state index contributed by atoms with van der Waals surface area (Å²) >= 11 is 6.39. The predicted octanol–water partition coefficient (Wildman–Crippen LogP) is 7.95. The van der Waals surface area contributed by atoms with Crippen molar-refractivity contribution in [2.24, 2.45) is 0 Å². The number of nitrogens with one attached hydrogen (secondary N) is 2. The number of aromatic amines is 1. The summed E-state index contributed by atoms with van der Waals surface area (Å²) in [7, 11) is -3.99. The van der Waals surface area contributed by atoms with E-state index in [1.165, 1.54) is 69.6 Å². The molecule has 0 aliphatic carbocycles. The van der Waals surface area contributed by atoms with E-state index in [1.54, 1.807) is 28.8 Å². The smallest absolute Gasteiger partial charge is 0.335 e. The van der Waals surface area contributed by atoms with E-state index < -0.39 is 22.1 Å². The monoisotopic (exact) mass is 629 g/mol. The Kier molecular flexibility index (Phi) is 11.5. The van der Waals surface area contributed by atoms with E-state index in [0.29, 0.717) is 33.6 Å². The van der Waals surface area contributed by atoms with Crippen LogP contribution in [0.2, 0.25) is 5.02 Å². The van der Waals surface area contributed by atoms with Crippen molar-refractivity contribution in [1.82, 2.24) is 19.8 Å². The van der Waals surface area contributed by atoms with Crippen molar-refractivity contribution in [3.8, 4) is 5.75 Å². The number of nitrogens with zero attached hydrogens (tertiary/aromatic N) is 3. The van der Waals surface area contributed by atoms with Crippen LogP contribution in [0.5, 0.6) is 5.75 Å². The fourth-order valence-electron chi connectivity index (χ4n) is 4.97. The lowest BCUT2D eigenvalue weighted by Gasteiger charge is -2.18. The summed E-state index contributed by atoms with van der Waals surface area (Å²) in [6.07, 6.45) is 12.6. The highest BCUT2D eigenvalue weighted by Gasteiger charge is 2.23. The van der Waals surface area contributed by atoms with Gasteiger partial charge in [0.25, 0.3) is 10.0 Å². The predicted molar refractivity (Wildman–Crippen MR) is 168 cm³/mol.